The number of hydrogen-bond acceptors (Lipinski definition) is 7. The largest absolute Gasteiger partial charge is 0.480 e. The Bertz CT molecular complexity index is 558. The molecule has 0 aromatic heterocycles. The molecule has 0 radical (unpaired) electrons. The molecule has 290 valence electrons. The van der Waals surface area contributed by atoms with E-state index in [1.54, 1.807) is 0 Å². The summed E-state index contributed by atoms with van der Waals surface area (Å²) >= 11 is 0. The van der Waals surface area contributed by atoms with Gasteiger partial charge in [-0.25, -0.2) is 5.43 Å². The minimum atomic E-state index is -0.822. The van der Waals surface area contributed by atoms with Gasteiger partial charge >= 0.3 is 5.97 Å². The van der Waals surface area contributed by atoms with Gasteiger partial charge in [0.1, 0.15) is 6.54 Å². The molecule has 0 fully saturated rings. The second kappa shape index (κ2) is 48.3. The molecule has 0 atom stereocenters. The molecule has 8 heteroatoms. The average Bonchev–Trinajstić information content (AvgIpc) is 3.08. The zero-order valence-electron chi connectivity index (χ0n) is 32.4. The maximum absolute atomic E-state index is 10.3. The molecule has 0 aromatic rings. The number of hydrogen-bond donors (Lipinski definition) is 7. The van der Waals surface area contributed by atoms with Crippen molar-refractivity contribution in [1.82, 2.24) is 21.5 Å². The average molecular weight is 685 g/mol. The minimum absolute atomic E-state index is 0.0144. The minimum Gasteiger partial charge on any atom is -0.480 e. The highest BCUT2D eigenvalue weighted by Crippen LogP contribution is 2.16. The molecule has 0 aliphatic heterocycles. The number of rotatable bonds is 41. The SMILES string of the molecule is CCCCCCCCCCCCCCCCCCCCCCCCCCCCNNCC(=O)O.NCCCNCCCCNCCCN. The van der Waals surface area contributed by atoms with Crippen LogP contribution in [0, 0.1) is 0 Å². The fraction of sp³-hybridized carbons (Fsp3) is 0.975. The molecular weight excluding hydrogens is 596 g/mol. The summed E-state index contributed by atoms with van der Waals surface area (Å²) < 4.78 is 0. The highest BCUT2D eigenvalue weighted by Gasteiger charge is 1.97. The summed E-state index contributed by atoms with van der Waals surface area (Å²) in [5.74, 6) is -0.822. The summed E-state index contributed by atoms with van der Waals surface area (Å²) in [5, 5.41) is 15.2. The number of carbonyl (C=O) groups is 1. The molecule has 0 amide bonds. The third-order valence-electron chi connectivity index (χ3n) is 9.09. The highest BCUT2D eigenvalue weighted by atomic mass is 16.4. The van der Waals surface area contributed by atoms with Crippen LogP contribution in [0.1, 0.15) is 200 Å². The van der Waals surface area contributed by atoms with Gasteiger partial charge in [-0.05, 0) is 71.4 Å². The second-order valence-corrected chi connectivity index (χ2v) is 14.0. The number of nitrogens with one attached hydrogen (secondary N) is 4. The summed E-state index contributed by atoms with van der Waals surface area (Å²) in [4.78, 5) is 10.3. The third kappa shape index (κ3) is 52.1. The van der Waals surface area contributed by atoms with E-state index in [4.69, 9.17) is 16.6 Å². The summed E-state index contributed by atoms with van der Waals surface area (Å²) in [5.41, 5.74) is 16.4. The van der Waals surface area contributed by atoms with Gasteiger partial charge in [-0.3, -0.25) is 10.2 Å². The molecule has 0 rings (SSSR count). The lowest BCUT2D eigenvalue weighted by molar-refractivity contribution is -0.136. The van der Waals surface area contributed by atoms with Crippen LogP contribution in [-0.2, 0) is 4.79 Å². The Labute approximate surface area is 300 Å². The lowest BCUT2D eigenvalue weighted by atomic mass is 10.0. The maximum Gasteiger partial charge on any atom is 0.318 e. The van der Waals surface area contributed by atoms with Crippen molar-refractivity contribution in [3.05, 3.63) is 0 Å². The van der Waals surface area contributed by atoms with Gasteiger partial charge in [0.05, 0.1) is 0 Å². The number of carboxylic acids is 1. The normalized spacial score (nSPS) is 11.1. The van der Waals surface area contributed by atoms with Gasteiger partial charge in [-0.2, -0.15) is 0 Å². The molecule has 0 spiro atoms. The standard InChI is InChI=1S/C30H62N2O2.C10H26N4/c1-2-3-4-5-6-7-8-9-10-11-12-13-14-15-16-17-18-19-20-21-22-23-24-25-26-27-28-31-32-29-30(33)34;11-5-3-9-13-7-1-2-8-14-10-4-6-12/h31-32H,2-29H2,1H3,(H,33,34);13-14H,1-12H2. The van der Waals surface area contributed by atoms with Crippen LogP contribution in [0.25, 0.3) is 0 Å². The monoisotopic (exact) mass is 685 g/mol. The van der Waals surface area contributed by atoms with E-state index in [9.17, 15) is 4.79 Å². The van der Waals surface area contributed by atoms with Crippen LogP contribution in [0.4, 0.5) is 0 Å². The molecule has 0 aliphatic rings. The van der Waals surface area contributed by atoms with Crippen molar-refractivity contribution in [2.24, 2.45) is 11.5 Å². The first-order chi connectivity index (χ1) is 23.7. The molecule has 9 N–H and O–H groups in total. The van der Waals surface area contributed by atoms with Gasteiger partial charge in [0.15, 0.2) is 0 Å². The van der Waals surface area contributed by atoms with Gasteiger partial charge in [0.25, 0.3) is 0 Å². The Morgan fingerprint density at radius 1 is 0.396 bits per heavy atom. The van der Waals surface area contributed by atoms with E-state index in [0.29, 0.717) is 0 Å². The quantitative estimate of drug-likeness (QED) is 0.0250. The Kier molecular flexibility index (Phi) is 49.7. The molecule has 8 nitrogen and oxygen atoms in total. The molecule has 0 unspecified atom stereocenters. The summed E-state index contributed by atoms with van der Waals surface area (Å²) in [7, 11) is 0. The molecule has 48 heavy (non-hydrogen) atoms. The van der Waals surface area contributed by atoms with E-state index in [-0.39, 0.29) is 6.54 Å². The van der Waals surface area contributed by atoms with Crippen molar-refractivity contribution in [2.75, 3.05) is 52.4 Å². The van der Waals surface area contributed by atoms with Gasteiger partial charge in [0.2, 0.25) is 0 Å². The molecular formula is C40H88N6O2. The molecule has 0 bridgehead atoms. The first kappa shape index (κ1) is 49.3. The number of carboxylic acid groups (broad SMARTS) is 1. The van der Waals surface area contributed by atoms with Crippen LogP contribution in [0.3, 0.4) is 0 Å². The van der Waals surface area contributed by atoms with Gasteiger partial charge in [-0.15, -0.1) is 0 Å². The van der Waals surface area contributed by atoms with Crippen LogP contribution >= 0.6 is 0 Å². The molecule has 0 heterocycles. The number of aliphatic carboxylic acids is 1. The highest BCUT2D eigenvalue weighted by molar-refractivity contribution is 5.68. The van der Waals surface area contributed by atoms with Crippen LogP contribution in [0.2, 0.25) is 0 Å². The number of unbranched alkanes of at least 4 members (excludes halogenated alkanes) is 26. The van der Waals surface area contributed by atoms with Gasteiger partial charge in [-0.1, -0.05) is 167 Å². The summed E-state index contributed by atoms with van der Waals surface area (Å²) in [6.45, 7) is 9.03. The Hall–Kier alpha value is -0.770. The predicted octanol–water partition coefficient (Wildman–Crippen LogP) is 8.97. The van der Waals surface area contributed by atoms with Crippen molar-refractivity contribution in [2.45, 2.75) is 200 Å². The smallest absolute Gasteiger partial charge is 0.318 e. The van der Waals surface area contributed by atoms with Crippen LogP contribution < -0.4 is 33.0 Å². The van der Waals surface area contributed by atoms with Crippen LogP contribution in [0.15, 0.2) is 0 Å². The zero-order chi connectivity index (χ0) is 35.3. The van der Waals surface area contributed by atoms with Crippen LogP contribution in [-0.4, -0.2) is 63.4 Å². The van der Waals surface area contributed by atoms with E-state index in [1.807, 2.05) is 0 Å². The van der Waals surface area contributed by atoms with Crippen molar-refractivity contribution < 1.29 is 9.90 Å². The van der Waals surface area contributed by atoms with E-state index in [1.165, 1.54) is 173 Å². The number of hydrazine groups is 1. The van der Waals surface area contributed by atoms with Crippen molar-refractivity contribution in [3.8, 4) is 0 Å². The van der Waals surface area contributed by atoms with Crippen molar-refractivity contribution in [3.63, 3.8) is 0 Å². The lowest BCUT2D eigenvalue weighted by Gasteiger charge is -2.05. The molecule has 0 aliphatic carbocycles. The first-order valence-corrected chi connectivity index (χ1v) is 21.2. The van der Waals surface area contributed by atoms with Crippen molar-refractivity contribution in [1.29, 1.82) is 0 Å². The lowest BCUT2D eigenvalue weighted by Crippen LogP contribution is -2.36. The van der Waals surface area contributed by atoms with Gasteiger partial charge < -0.3 is 27.2 Å². The van der Waals surface area contributed by atoms with E-state index in [2.05, 4.69) is 28.4 Å². The Morgan fingerprint density at radius 3 is 0.958 bits per heavy atom. The fourth-order valence-electron chi connectivity index (χ4n) is 5.96. The number of nitrogens with two attached hydrogens (primary N) is 2. The summed E-state index contributed by atoms with van der Waals surface area (Å²) in [6.07, 6.45) is 41.5. The zero-order valence-corrected chi connectivity index (χ0v) is 32.4. The van der Waals surface area contributed by atoms with E-state index < -0.39 is 5.97 Å². The van der Waals surface area contributed by atoms with Gasteiger partial charge in [0, 0.05) is 6.54 Å². The van der Waals surface area contributed by atoms with Crippen LogP contribution in [0.5, 0.6) is 0 Å². The predicted molar refractivity (Wildman–Crippen MR) is 212 cm³/mol. The third-order valence-corrected chi connectivity index (χ3v) is 9.09. The van der Waals surface area contributed by atoms with Crippen molar-refractivity contribution >= 4 is 5.97 Å². The summed E-state index contributed by atoms with van der Waals surface area (Å²) in [6, 6.07) is 0. The Morgan fingerprint density at radius 2 is 0.667 bits per heavy atom. The Balaban J connectivity index is 0. The fourth-order valence-corrected chi connectivity index (χ4v) is 5.96. The topological polar surface area (TPSA) is 137 Å². The first-order valence-electron chi connectivity index (χ1n) is 21.2. The van der Waals surface area contributed by atoms with E-state index in [0.717, 1.165) is 65.1 Å². The second-order valence-electron chi connectivity index (χ2n) is 14.0. The molecule has 0 saturated carbocycles. The van der Waals surface area contributed by atoms with E-state index >= 15 is 0 Å². The molecule has 0 aromatic carbocycles. The maximum atomic E-state index is 10.3. The molecule has 0 saturated heterocycles.